The van der Waals surface area contributed by atoms with Crippen molar-refractivity contribution in [2.75, 3.05) is 0 Å². The fourth-order valence-electron chi connectivity index (χ4n) is 0.961. The number of rotatable bonds is 2. The van der Waals surface area contributed by atoms with Crippen LogP contribution in [0.4, 0.5) is 17.6 Å². The van der Waals surface area contributed by atoms with Crippen LogP contribution >= 0.6 is 11.8 Å². The van der Waals surface area contributed by atoms with Crippen LogP contribution in [-0.4, -0.2) is 15.0 Å². The molecule has 16 heavy (non-hydrogen) atoms. The van der Waals surface area contributed by atoms with Crippen LogP contribution in [0.2, 0.25) is 0 Å². The molecule has 0 aliphatic carbocycles. The van der Waals surface area contributed by atoms with Crippen LogP contribution in [-0.2, 0) is 0 Å². The Labute approximate surface area is 90.9 Å². The van der Waals surface area contributed by atoms with Gasteiger partial charge >= 0.3 is 0 Å². The highest BCUT2D eigenvalue weighted by molar-refractivity contribution is 7.99. The highest BCUT2D eigenvalue weighted by Crippen LogP contribution is 2.31. The molecule has 0 saturated carbocycles. The van der Waals surface area contributed by atoms with Gasteiger partial charge in [0.05, 0.1) is 4.90 Å². The zero-order chi connectivity index (χ0) is 11.7. The summed E-state index contributed by atoms with van der Waals surface area (Å²) in [4.78, 5) is 7.81. The summed E-state index contributed by atoms with van der Waals surface area (Å²) in [6.07, 6.45) is 2.75. The van der Waals surface area contributed by atoms with E-state index in [0.29, 0.717) is 11.8 Å². The molecule has 2 aromatic rings. The maximum absolute atomic E-state index is 13.1. The van der Waals surface area contributed by atoms with E-state index in [1.165, 1.54) is 12.4 Å². The number of halogens is 4. The summed E-state index contributed by atoms with van der Waals surface area (Å²) >= 11 is 0.439. The zero-order valence-corrected chi connectivity index (χ0v) is 8.29. The van der Waals surface area contributed by atoms with Gasteiger partial charge in [0.15, 0.2) is 16.8 Å². The van der Waals surface area contributed by atoms with Crippen molar-refractivity contribution in [1.29, 1.82) is 0 Å². The average molecular weight is 249 g/mol. The molecule has 0 radical (unpaired) electrons. The molecule has 8 heteroatoms. The molecule has 0 unspecified atom stereocenters. The van der Waals surface area contributed by atoms with Gasteiger partial charge in [-0.1, -0.05) is 0 Å². The molecule has 3 nitrogen and oxygen atoms in total. The molecule has 0 saturated heterocycles. The number of aromatic nitrogens is 3. The first-order valence-electron chi connectivity index (χ1n) is 3.97. The van der Waals surface area contributed by atoms with Crippen molar-refractivity contribution in [3.05, 3.63) is 35.9 Å². The molecule has 2 rings (SSSR count). The van der Waals surface area contributed by atoms with Crippen LogP contribution in [0.3, 0.4) is 0 Å². The lowest BCUT2D eigenvalue weighted by atomic mass is 10.4. The monoisotopic (exact) mass is 249 g/mol. The Bertz CT molecular complexity index is 488. The van der Waals surface area contributed by atoms with Gasteiger partial charge in [0, 0.05) is 12.4 Å². The standard InChI is InChI=1S/C8H3F4N3S/c9-3-5(16-8-13-1-2-14-8)4(10)7(12)15-6(3)11/h1-2H,(H,13,14). The number of aromatic amines is 1. The minimum Gasteiger partial charge on any atom is -0.339 e. The van der Waals surface area contributed by atoms with E-state index < -0.39 is 28.4 Å². The van der Waals surface area contributed by atoms with Crippen molar-refractivity contribution in [3.63, 3.8) is 0 Å². The maximum atomic E-state index is 13.1. The summed E-state index contributed by atoms with van der Waals surface area (Å²) < 4.78 is 51.7. The lowest BCUT2D eigenvalue weighted by Gasteiger charge is -2.03. The molecule has 1 N–H and O–H groups in total. The van der Waals surface area contributed by atoms with Crippen molar-refractivity contribution < 1.29 is 17.6 Å². The first kappa shape index (κ1) is 10.9. The highest BCUT2D eigenvalue weighted by Gasteiger charge is 2.22. The van der Waals surface area contributed by atoms with Crippen molar-refractivity contribution >= 4 is 11.8 Å². The maximum Gasteiger partial charge on any atom is 0.252 e. The minimum absolute atomic E-state index is 0.114. The number of nitrogens with one attached hydrogen (secondary N) is 1. The SMILES string of the molecule is Fc1nc(F)c(F)c(Sc2ncc[nH]2)c1F. The van der Waals surface area contributed by atoms with Crippen LogP contribution in [0.15, 0.2) is 22.4 Å². The van der Waals surface area contributed by atoms with E-state index in [0.717, 1.165) is 0 Å². The van der Waals surface area contributed by atoms with Crippen molar-refractivity contribution in [2.45, 2.75) is 10.1 Å². The van der Waals surface area contributed by atoms with Gasteiger partial charge in [-0.3, -0.25) is 0 Å². The van der Waals surface area contributed by atoms with E-state index in [1.807, 2.05) is 0 Å². The van der Waals surface area contributed by atoms with Crippen LogP contribution in [0.5, 0.6) is 0 Å². The third-order valence-electron chi connectivity index (χ3n) is 1.63. The van der Waals surface area contributed by atoms with Crippen LogP contribution in [0.25, 0.3) is 0 Å². The van der Waals surface area contributed by atoms with E-state index in [9.17, 15) is 17.6 Å². The van der Waals surface area contributed by atoms with Gasteiger partial charge in [0.1, 0.15) is 0 Å². The van der Waals surface area contributed by atoms with Crippen molar-refractivity contribution in [1.82, 2.24) is 15.0 Å². The summed E-state index contributed by atoms with van der Waals surface area (Å²) in [7, 11) is 0. The average Bonchev–Trinajstić information content (AvgIpc) is 2.74. The lowest BCUT2D eigenvalue weighted by molar-refractivity contribution is 0.383. The first-order chi connectivity index (χ1) is 7.59. The summed E-state index contributed by atoms with van der Waals surface area (Å²) in [6, 6.07) is 0. The fraction of sp³-hybridized carbons (Fsp3) is 0. The van der Waals surface area contributed by atoms with Gasteiger partial charge in [-0.25, -0.2) is 13.8 Å². The topological polar surface area (TPSA) is 41.6 Å². The Morgan fingerprint density at radius 3 is 2.19 bits per heavy atom. The van der Waals surface area contributed by atoms with E-state index in [1.54, 1.807) is 0 Å². The quantitative estimate of drug-likeness (QED) is 0.656. The summed E-state index contributed by atoms with van der Waals surface area (Å²) in [6.45, 7) is 0. The van der Waals surface area contributed by atoms with E-state index in [4.69, 9.17) is 0 Å². The van der Waals surface area contributed by atoms with Crippen molar-refractivity contribution in [2.24, 2.45) is 0 Å². The van der Waals surface area contributed by atoms with E-state index in [-0.39, 0.29) is 5.16 Å². The summed E-state index contributed by atoms with van der Waals surface area (Å²) in [5.74, 6) is -6.46. The molecule has 0 aliphatic rings. The highest BCUT2D eigenvalue weighted by atomic mass is 32.2. The van der Waals surface area contributed by atoms with Gasteiger partial charge in [-0.05, 0) is 11.8 Å². The van der Waals surface area contributed by atoms with Crippen LogP contribution in [0, 0.1) is 23.5 Å². The third-order valence-corrected chi connectivity index (χ3v) is 2.61. The van der Waals surface area contributed by atoms with Gasteiger partial charge < -0.3 is 4.98 Å². The Morgan fingerprint density at radius 1 is 1.06 bits per heavy atom. The summed E-state index contributed by atoms with van der Waals surface area (Å²) in [5, 5.41) is 0.114. The number of hydrogen-bond donors (Lipinski definition) is 1. The summed E-state index contributed by atoms with van der Waals surface area (Å²) in [5.41, 5.74) is 0. The minimum atomic E-state index is -1.69. The largest absolute Gasteiger partial charge is 0.339 e. The predicted molar refractivity (Wildman–Crippen MR) is 46.8 cm³/mol. The second-order valence-corrected chi connectivity index (χ2v) is 3.65. The van der Waals surface area contributed by atoms with E-state index in [2.05, 4.69) is 15.0 Å². The Morgan fingerprint density at radius 2 is 1.69 bits per heavy atom. The molecule has 0 aliphatic heterocycles. The van der Waals surface area contributed by atoms with Gasteiger partial charge in [0.2, 0.25) is 0 Å². The van der Waals surface area contributed by atoms with Crippen molar-refractivity contribution in [3.8, 4) is 0 Å². The number of imidazole rings is 1. The number of nitrogens with zero attached hydrogens (tertiary/aromatic N) is 2. The molecular weight excluding hydrogens is 246 g/mol. The molecule has 0 spiro atoms. The number of H-pyrrole nitrogens is 1. The molecule has 0 amide bonds. The second kappa shape index (κ2) is 4.12. The Kier molecular flexibility index (Phi) is 2.82. The van der Waals surface area contributed by atoms with Gasteiger partial charge in [0.25, 0.3) is 11.9 Å². The molecule has 0 fully saturated rings. The first-order valence-corrected chi connectivity index (χ1v) is 4.78. The van der Waals surface area contributed by atoms with Crippen LogP contribution in [0.1, 0.15) is 0 Å². The number of pyridine rings is 1. The molecule has 84 valence electrons. The molecular formula is C8H3F4N3S. The Hall–Kier alpha value is -1.57. The van der Waals surface area contributed by atoms with Gasteiger partial charge in [-0.15, -0.1) is 0 Å². The predicted octanol–water partition coefficient (Wildman–Crippen LogP) is 2.51. The molecule has 0 atom stereocenters. The smallest absolute Gasteiger partial charge is 0.252 e. The lowest BCUT2D eigenvalue weighted by Crippen LogP contribution is -2.02. The number of hydrogen-bond acceptors (Lipinski definition) is 3. The molecule has 0 bridgehead atoms. The van der Waals surface area contributed by atoms with Crippen LogP contribution < -0.4 is 0 Å². The molecule has 2 heterocycles. The normalized spacial score (nSPS) is 10.8. The Balaban J connectivity index is 2.47. The fourth-order valence-corrected chi connectivity index (χ4v) is 1.74. The molecule has 2 aromatic heterocycles. The molecule has 0 aromatic carbocycles. The third kappa shape index (κ3) is 1.87. The van der Waals surface area contributed by atoms with E-state index >= 15 is 0 Å². The zero-order valence-electron chi connectivity index (χ0n) is 7.47. The van der Waals surface area contributed by atoms with Gasteiger partial charge in [-0.2, -0.15) is 13.8 Å². The second-order valence-electron chi connectivity index (χ2n) is 2.65.